The van der Waals surface area contributed by atoms with Gasteiger partial charge in [0.15, 0.2) is 11.6 Å². The van der Waals surface area contributed by atoms with Crippen molar-refractivity contribution in [2.75, 3.05) is 5.75 Å². The lowest BCUT2D eigenvalue weighted by Gasteiger charge is -2.13. The second kappa shape index (κ2) is 8.41. The van der Waals surface area contributed by atoms with Crippen molar-refractivity contribution in [2.45, 2.75) is 23.8 Å². The van der Waals surface area contributed by atoms with E-state index >= 15 is 0 Å². The highest BCUT2D eigenvalue weighted by Gasteiger charge is 2.18. The van der Waals surface area contributed by atoms with Crippen LogP contribution in [0.15, 0.2) is 35.7 Å². The van der Waals surface area contributed by atoms with Crippen LogP contribution in [0, 0.1) is 11.6 Å². The average Bonchev–Trinajstić information content (AvgIpc) is 2.44. The van der Waals surface area contributed by atoms with E-state index in [2.05, 4.69) is 11.9 Å². The van der Waals surface area contributed by atoms with Crippen LogP contribution < -0.4 is 5.32 Å². The van der Waals surface area contributed by atoms with Gasteiger partial charge in [-0.2, -0.15) is 0 Å². The van der Waals surface area contributed by atoms with Crippen molar-refractivity contribution in [3.05, 3.63) is 42.5 Å². The SMILES string of the molecule is C=CCCC(NC(=O)CSc1ccc(F)c(F)c1)C(=O)O. The van der Waals surface area contributed by atoms with Crippen LogP contribution in [-0.4, -0.2) is 28.8 Å². The molecule has 0 aromatic heterocycles. The molecule has 0 fully saturated rings. The fraction of sp³-hybridized carbons (Fsp3) is 0.286. The standard InChI is InChI=1S/C14H15F2NO3S/c1-2-3-4-12(14(19)20)17-13(18)8-21-9-5-6-10(15)11(16)7-9/h2,5-7,12H,1,3-4,8H2,(H,17,18)(H,19,20). The summed E-state index contributed by atoms with van der Waals surface area (Å²) in [4.78, 5) is 23.0. The monoisotopic (exact) mass is 315 g/mol. The maximum Gasteiger partial charge on any atom is 0.326 e. The molecule has 0 bridgehead atoms. The molecule has 1 aromatic rings. The summed E-state index contributed by atoms with van der Waals surface area (Å²) in [5.41, 5.74) is 0. The fourth-order valence-electron chi connectivity index (χ4n) is 1.49. The van der Waals surface area contributed by atoms with Gasteiger partial charge in [0.1, 0.15) is 6.04 Å². The number of halogens is 2. The van der Waals surface area contributed by atoms with Crippen molar-refractivity contribution < 1.29 is 23.5 Å². The highest BCUT2D eigenvalue weighted by atomic mass is 32.2. The number of thioether (sulfide) groups is 1. The second-order valence-electron chi connectivity index (χ2n) is 4.19. The van der Waals surface area contributed by atoms with Crippen LogP contribution in [0.5, 0.6) is 0 Å². The Labute approximate surface area is 125 Å². The average molecular weight is 315 g/mol. The van der Waals surface area contributed by atoms with Gasteiger partial charge in [0, 0.05) is 4.90 Å². The number of benzene rings is 1. The van der Waals surface area contributed by atoms with Gasteiger partial charge < -0.3 is 10.4 Å². The number of amides is 1. The Kier molecular flexibility index (Phi) is 6.87. The third kappa shape index (κ3) is 5.95. The minimum absolute atomic E-state index is 0.0804. The zero-order valence-corrected chi connectivity index (χ0v) is 12.0. The number of hydrogen-bond acceptors (Lipinski definition) is 3. The van der Waals surface area contributed by atoms with Gasteiger partial charge in [-0.1, -0.05) is 6.08 Å². The largest absolute Gasteiger partial charge is 0.480 e. The molecular weight excluding hydrogens is 300 g/mol. The first kappa shape index (κ1) is 17.2. The normalized spacial score (nSPS) is 11.7. The fourth-order valence-corrected chi connectivity index (χ4v) is 2.23. The quantitative estimate of drug-likeness (QED) is 0.571. The van der Waals surface area contributed by atoms with Gasteiger partial charge in [-0.05, 0) is 31.0 Å². The van der Waals surface area contributed by atoms with Crippen molar-refractivity contribution in [1.29, 1.82) is 0 Å². The van der Waals surface area contributed by atoms with Gasteiger partial charge in [-0.25, -0.2) is 13.6 Å². The van der Waals surface area contributed by atoms with E-state index in [4.69, 9.17) is 5.11 Å². The minimum Gasteiger partial charge on any atom is -0.480 e. The number of hydrogen-bond donors (Lipinski definition) is 2. The number of carbonyl (C=O) groups excluding carboxylic acids is 1. The number of nitrogens with one attached hydrogen (secondary N) is 1. The Bertz CT molecular complexity index is 537. The predicted molar refractivity (Wildman–Crippen MR) is 76.1 cm³/mol. The smallest absolute Gasteiger partial charge is 0.326 e. The molecule has 1 aromatic carbocycles. The number of carboxylic acids is 1. The van der Waals surface area contributed by atoms with E-state index in [0.717, 1.165) is 23.9 Å². The summed E-state index contributed by atoms with van der Waals surface area (Å²) in [5.74, 6) is -3.64. The lowest BCUT2D eigenvalue weighted by atomic mass is 10.1. The van der Waals surface area contributed by atoms with Crippen LogP contribution in [0.3, 0.4) is 0 Å². The van der Waals surface area contributed by atoms with Crippen LogP contribution in [0.25, 0.3) is 0 Å². The molecule has 0 aliphatic heterocycles. The number of allylic oxidation sites excluding steroid dienone is 1. The Balaban J connectivity index is 2.50. The zero-order valence-electron chi connectivity index (χ0n) is 11.1. The summed E-state index contributed by atoms with van der Waals surface area (Å²) >= 11 is 0.997. The lowest BCUT2D eigenvalue weighted by molar-refractivity contribution is -0.141. The molecule has 1 amide bonds. The molecule has 0 spiro atoms. The molecule has 1 atom stereocenters. The van der Waals surface area contributed by atoms with E-state index in [1.165, 1.54) is 6.07 Å². The Morgan fingerprint density at radius 3 is 2.67 bits per heavy atom. The molecule has 114 valence electrons. The molecule has 1 rings (SSSR count). The van der Waals surface area contributed by atoms with E-state index in [9.17, 15) is 18.4 Å². The van der Waals surface area contributed by atoms with E-state index in [0.29, 0.717) is 11.3 Å². The van der Waals surface area contributed by atoms with Crippen LogP contribution in [0.4, 0.5) is 8.78 Å². The molecule has 21 heavy (non-hydrogen) atoms. The highest BCUT2D eigenvalue weighted by molar-refractivity contribution is 8.00. The van der Waals surface area contributed by atoms with Gasteiger partial charge >= 0.3 is 5.97 Å². The second-order valence-corrected chi connectivity index (χ2v) is 5.24. The Morgan fingerprint density at radius 2 is 2.10 bits per heavy atom. The molecule has 4 nitrogen and oxygen atoms in total. The van der Waals surface area contributed by atoms with Crippen LogP contribution in [0.1, 0.15) is 12.8 Å². The van der Waals surface area contributed by atoms with Crippen LogP contribution >= 0.6 is 11.8 Å². The summed E-state index contributed by atoms with van der Waals surface area (Å²) in [6, 6.07) is 2.32. The van der Waals surface area contributed by atoms with E-state index in [1.54, 1.807) is 6.08 Å². The van der Waals surface area contributed by atoms with Crippen molar-refractivity contribution >= 4 is 23.6 Å². The van der Waals surface area contributed by atoms with E-state index in [1.807, 2.05) is 0 Å². The molecule has 0 aliphatic rings. The summed E-state index contributed by atoms with van der Waals surface area (Å²) < 4.78 is 25.7. The molecule has 0 aliphatic carbocycles. The van der Waals surface area contributed by atoms with Gasteiger partial charge in [0.05, 0.1) is 5.75 Å². The number of aliphatic carboxylic acids is 1. The summed E-state index contributed by atoms with van der Waals surface area (Å²) in [6.45, 7) is 3.49. The van der Waals surface area contributed by atoms with Gasteiger partial charge in [0.2, 0.25) is 5.91 Å². The van der Waals surface area contributed by atoms with Crippen LogP contribution in [-0.2, 0) is 9.59 Å². The van der Waals surface area contributed by atoms with Gasteiger partial charge in [0.25, 0.3) is 0 Å². The van der Waals surface area contributed by atoms with Crippen molar-refractivity contribution in [1.82, 2.24) is 5.32 Å². The first-order valence-electron chi connectivity index (χ1n) is 6.15. The maximum atomic E-state index is 13.0. The summed E-state index contributed by atoms with van der Waals surface area (Å²) in [6.07, 6.45) is 2.28. The van der Waals surface area contributed by atoms with Crippen molar-refractivity contribution in [3.8, 4) is 0 Å². The summed E-state index contributed by atoms with van der Waals surface area (Å²) in [7, 11) is 0. The summed E-state index contributed by atoms with van der Waals surface area (Å²) in [5, 5.41) is 11.3. The minimum atomic E-state index is -1.12. The lowest BCUT2D eigenvalue weighted by Crippen LogP contribution is -2.41. The Morgan fingerprint density at radius 1 is 1.38 bits per heavy atom. The zero-order chi connectivity index (χ0) is 15.8. The van der Waals surface area contributed by atoms with Crippen LogP contribution in [0.2, 0.25) is 0 Å². The molecular formula is C14H15F2NO3S. The number of rotatable bonds is 8. The molecule has 0 radical (unpaired) electrons. The Hall–Kier alpha value is -1.89. The van der Waals surface area contributed by atoms with Gasteiger partial charge in [-0.3, -0.25) is 4.79 Å². The molecule has 0 saturated heterocycles. The van der Waals surface area contributed by atoms with E-state index in [-0.39, 0.29) is 12.2 Å². The first-order chi connectivity index (χ1) is 9.93. The van der Waals surface area contributed by atoms with Gasteiger partial charge in [-0.15, -0.1) is 18.3 Å². The molecule has 0 heterocycles. The predicted octanol–water partition coefficient (Wildman–Crippen LogP) is 2.59. The molecule has 1 unspecified atom stereocenters. The first-order valence-corrected chi connectivity index (χ1v) is 7.13. The van der Waals surface area contributed by atoms with Crippen molar-refractivity contribution in [2.24, 2.45) is 0 Å². The third-order valence-corrected chi connectivity index (χ3v) is 3.55. The molecule has 7 heteroatoms. The number of carbonyl (C=O) groups is 2. The third-order valence-electron chi connectivity index (χ3n) is 2.55. The topological polar surface area (TPSA) is 66.4 Å². The number of carboxylic acid groups (broad SMARTS) is 1. The maximum absolute atomic E-state index is 13.0. The molecule has 0 saturated carbocycles. The molecule has 2 N–H and O–H groups in total. The van der Waals surface area contributed by atoms with E-state index < -0.39 is 29.6 Å². The van der Waals surface area contributed by atoms with Crippen molar-refractivity contribution in [3.63, 3.8) is 0 Å². The highest BCUT2D eigenvalue weighted by Crippen LogP contribution is 2.20.